The molecule has 0 aromatic heterocycles. The molecule has 3 fully saturated rings. The number of rotatable bonds is 8. The lowest BCUT2D eigenvalue weighted by atomic mass is 9.78. The molecule has 3 heterocycles. The lowest BCUT2D eigenvalue weighted by molar-refractivity contribution is -0.143. The van der Waals surface area contributed by atoms with Crippen LogP contribution in [0.2, 0.25) is 0 Å². The Hall–Kier alpha value is -1.36. The van der Waals surface area contributed by atoms with Crippen molar-refractivity contribution in [1.82, 2.24) is 9.96 Å². The Labute approximate surface area is 210 Å². The molecule has 0 spiro atoms. The number of piperidine rings is 2. The first-order valence-electron chi connectivity index (χ1n) is 13.0. The average Bonchev–Trinajstić information content (AvgIpc) is 3.06. The second kappa shape index (κ2) is 10.9. The van der Waals surface area contributed by atoms with Crippen molar-refractivity contribution in [2.75, 3.05) is 46.9 Å². The van der Waals surface area contributed by atoms with Crippen molar-refractivity contribution in [2.45, 2.75) is 83.2 Å². The molecular formula is C26H43BN2O6. The largest absolute Gasteiger partial charge is 0.496 e. The number of methoxy groups -OCH3 is 2. The van der Waals surface area contributed by atoms with Crippen LogP contribution in [0.3, 0.4) is 0 Å². The summed E-state index contributed by atoms with van der Waals surface area (Å²) in [4.78, 5) is 2.50. The Balaban J connectivity index is 1.34. The van der Waals surface area contributed by atoms with Crippen molar-refractivity contribution in [3.63, 3.8) is 0 Å². The van der Waals surface area contributed by atoms with Gasteiger partial charge in [-0.05, 0) is 77.4 Å². The van der Waals surface area contributed by atoms with Crippen LogP contribution in [0.1, 0.15) is 58.9 Å². The molecule has 0 atom stereocenters. The third-order valence-corrected chi connectivity index (χ3v) is 8.17. The monoisotopic (exact) mass is 490 g/mol. The molecule has 4 rings (SSSR count). The molecule has 196 valence electrons. The van der Waals surface area contributed by atoms with Crippen LogP contribution in [0.25, 0.3) is 0 Å². The zero-order valence-electron chi connectivity index (χ0n) is 22.3. The molecule has 1 N–H and O–H groups in total. The Kier molecular flexibility index (Phi) is 8.35. The maximum Gasteiger partial charge on any atom is 0.495 e. The SMILES string of the molecule is COc1cc(B2OC(C)(C)C(C)(C)O2)cc(OC)c1CCN1CCC(OC2CCN(O)CC2)CC1. The van der Waals surface area contributed by atoms with Crippen molar-refractivity contribution in [3.8, 4) is 11.5 Å². The van der Waals surface area contributed by atoms with Crippen LogP contribution in [0.15, 0.2) is 12.1 Å². The highest BCUT2D eigenvalue weighted by atomic mass is 16.7. The fourth-order valence-electron chi connectivity index (χ4n) is 5.16. The first-order valence-corrected chi connectivity index (χ1v) is 13.0. The maximum atomic E-state index is 9.55. The zero-order chi connectivity index (χ0) is 25.2. The fraction of sp³-hybridized carbons (Fsp3) is 0.769. The Morgan fingerprint density at radius 2 is 1.37 bits per heavy atom. The van der Waals surface area contributed by atoms with Crippen LogP contribution in [0.4, 0.5) is 0 Å². The van der Waals surface area contributed by atoms with Gasteiger partial charge in [0, 0.05) is 38.3 Å². The minimum absolute atomic E-state index is 0.283. The molecule has 0 aliphatic carbocycles. The van der Waals surface area contributed by atoms with Gasteiger partial charge in [0.2, 0.25) is 0 Å². The normalized spacial score (nSPS) is 24.1. The summed E-state index contributed by atoms with van der Waals surface area (Å²) in [6.07, 6.45) is 5.38. The van der Waals surface area contributed by atoms with E-state index in [0.29, 0.717) is 19.2 Å². The van der Waals surface area contributed by atoms with E-state index in [1.807, 2.05) is 12.1 Å². The lowest BCUT2D eigenvalue weighted by Crippen LogP contribution is -2.41. The van der Waals surface area contributed by atoms with Gasteiger partial charge in [0.1, 0.15) is 11.5 Å². The molecule has 1 aromatic carbocycles. The van der Waals surface area contributed by atoms with Gasteiger partial charge in [-0.2, -0.15) is 5.06 Å². The molecule has 3 saturated heterocycles. The van der Waals surface area contributed by atoms with Gasteiger partial charge in [-0.1, -0.05) is 0 Å². The summed E-state index contributed by atoms with van der Waals surface area (Å²) < 4.78 is 30.4. The van der Waals surface area contributed by atoms with Gasteiger partial charge in [0.15, 0.2) is 0 Å². The van der Waals surface area contributed by atoms with Crippen LogP contribution in [-0.2, 0) is 20.5 Å². The number of hydrogen-bond donors (Lipinski definition) is 1. The first kappa shape index (κ1) is 26.7. The standard InChI is InChI=1S/C26H43BN2O6/c1-25(2)26(3,4)35-27(34-25)19-17-23(31-5)22(24(18-19)32-6)11-14-28-12-7-20(8-13-28)33-21-9-15-29(30)16-10-21/h17-18,20-21,30H,7-16H2,1-6H3. The molecule has 35 heavy (non-hydrogen) atoms. The highest BCUT2D eigenvalue weighted by Gasteiger charge is 2.52. The van der Waals surface area contributed by atoms with E-state index in [4.69, 9.17) is 23.5 Å². The van der Waals surface area contributed by atoms with Crippen LogP contribution < -0.4 is 14.9 Å². The van der Waals surface area contributed by atoms with Crippen molar-refractivity contribution in [1.29, 1.82) is 0 Å². The van der Waals surface area contributed by atoms with Gasteiger partial charge in [0.05, 0.1) is 37.6 Å². The van der Waals surface area contributed by atoms with Gasteiger partial charge >= 0.3 is 7.12 Å². The van der Waals surface area contributed by atoms with Gasteiger partial charge in [-0.15, -0.1) is 0 Å². The van der Waals surface area contributed by atoms with Crippen molar-refractivity contribution in [3.05, 3.63) is 17.7 Å². The molecule has 1 aromatic rings. The Bertz CT molecular complexity index is 809. The molecule has 0 saturated carbocycles. The highest BCUT2D eigenvalue weighted by Crippen LogP contribution is 2.38. The van der Waals surface area contributed by atoms with Crippen LogP contribution in [0, 0.1) is 0 Å². The molecule has 3 aliphatic heterocycles. The molecule has 8 nitrogen and oxygen atoms in total. The minimum atomic E-state index is -0.458. The van der Waals surface area contributed by atoms with Crippen LogP contribution >= 0.6 is 0 Å². The van der Waals surface area contributed by atoms with Gasteiger partial charge in [0.25, 0.3) is 0 Å². The fourth-order valence-corrected chi connectivity index (χ4v) is 5.16. The number of nitrogens with zero attached hydrogens (tertiary/aromatic N) is 2. The van der Waals surface area contributed by atoms with E-state index < -0.39 is 18.3 Å². The number of ether oxygens (including phenoxy) is 3. The summed E-state index contributed by atoms with van der Waals surface area (Å²) in [6, 6.07) is 4.05. The molecule has 0 bridgehead atoms. The van der Waals surface area contributed by atoms with E-state index in [2.05, 4.69) is 32.6 Å². The number of likely N-dealkylation sites (tertiary alicyclic amines) is 1. The summed E-state index contributed by atoms with van der Waals surface area (Å²) in [5.74, 6) is 1.62. The lowest BCUT2D eigenvalue weighted by Gasteiger charge is -2.36. The summed E-state index contributed by atoms with van der Waals surface area (Å²) in [6.45, 7) is 12.6. The molecule has 0 unspecified atom stereocenters. The molecule has 9 heteroatoms. The van der Waals surface area contributed by atoms with E-state index in [0.717, 1.165) is 74.3 Å². The van der Waals surface area contributed by atoms with E-state index in [9.17, 15) is 5.21 Å². The van der Waals surface area contributed by atoms with Crippen LogP contribution in [0.5, 0.6) is 11.5 Å². The Morgan fingerprint density at radius 1 is 0.886 bits per heavy atom. The molecule has 3 aliphatic rings. The first-order chi connectivity index (χ1) is 16.6. The van der Waals surface area contributed by atoms with Gasteiger partial charge in [-0.25, -0.2) is 0 Å². The number of hydrogen-bond acceptors (Lipinski definition) is 8. The van der Waals surface area contributed by atoms with E-state index in [1.54, 1.807) is 14.2 Å². The van der Waals surface area contributed by atoms with Gasteiger partial charge in [-0.3, -0.25) is 0 Å². The van der Waals surface area contributed by atoms with E-state index in [-0.39, 0.29) is 6.10 Å². The van der Waals surface area contributed by atoms with E-state index >= 15 is 0 Å². The molecular weight excluding hydrogens is 447 g/mol. The second-order valence-electron chi connectivity index (χ2n) is 11.1. The predicted molar refractivity (Wildman–Crippen MR) is 136 cm³/mol. The molecule has 0 amide bonds. The van der Waals surface area contributed by atoms with Crippen molar-refractivity contribution in [2.24, 2.45) is 0 Å². The minimum Gasteiger partial charge on any atom is -0.496 e. The maximum absolute atomic E-state index is 9.55. The van der Waals surface area contributed by atoms with Crippen LogP contribution in [-0.4, -0.2) is 92.6 Å². The average molecular weight is 490 g/mol. The van der Waals surface area contributed by atoms with E-state index in [1.165, 1.54) is 5.06 Å². The topological polar surface area (TPSA) is 72.9 Å². The van der Waals surface area contributed by atoms with Gasteiger partial charge < -0.3 is 33.6 Å². The zero-order valence-corrected chi connectivity index (χ0v) is 22.3. The summed E-state index contributed by atoms with van der Waals surface area (Å²) in [7, 11) is 2.95. The number of hydroxylamine groups is 2. The third-order valence-electron chi connectivity index (χ3n) is 8.17. The Morgan fingerprint density at radius 3 is 1.86 bits per heavy atom. The molecule has 0 radical (unpaired) electrons. The highest BCUT2D eigenvalue weighted by molar-refractivity contribution is 6.62. The quantitative estimate of drug-likeness (QED) is 0.558. The summed E-state index contributed by atoms with van der Waals surface area (Å²) in [5.41, 5.74) is 1.18. The predicted octanol–water partition coefficient (Wildman–Crippen LogP) is 2.88. The second-order valence-corrected chi connectivity index (χ2v) is 11.1. The van der Waals surface area contributed by atoms with Crippen molar-refractivity contribution >= 4 is 12.6 Å². The smallest absolute Gasteiger partial charge is 0.495 e. The summed E-state index contributed by atoms with van der Waals surface area (Å²) in [5, 5.41) is 10.9. The summed E-state index contributed by atoms with van der Waals surface area (Å²) >= 11 is 0. The van der Waals surface area contributed by atoms with Crippen molar-refractivity contribution < 1.29 is 28.7 Å². The number of benzene rings is 1. The third kappa shape index (κ3) is 6.14.